The number of aryl methyl sites for hydroxylation is 2. The molecular weight excluding hydrogens is 358 g/mol. The van der Waals surface area contributed by atoms with E-state index in [1.165, 1.54) is 0 Å². The van der Waals surface area contributed by atoms with Crippen LogP contribution in [0.25, 0.3) is 0 Å². The maximum atomic E-state index is 12.3. The van der Waals surface area contributed by atoms with Crippen LogP contribution in [0.1, 0.15) is 58.6 Å². The Labute approximate surface area is 163 Å². The quantitative estimate of drug-likeness (QED) is 0.823. The summed E-state index contributed by atoms with van der Waals surface area (Å²) in [4.78, 5) is 33.7. The Morgan fingerprint density at radius 3 is 2.79 bits per heavy atom. The van der Waals surface area contributed by atoms with Crippen LogP contribution in [-0.2, 0) is 32.2 Å². The normalized spacial score (nSPS) is 19.7. The first-order valence-corrected chi connectivity index (χ1v) is 10.1. The van der Waals surface area contributed by atoms with Gasteiger partial charge in [0.25, 0.3) is 5.56 Å². The van der Waals surface area contributed by atoms with E-state index in [1.807, 2.05) is 11.6 Å². The first kappa shape index (κ1) is 18.9. The summed E-state index contributed by atoms with van der Waals surface area (Å²) in [5, 5.41) is 14.0. The summed E-state index contributed by atoms with van der Waals surface area (Å²) in [7, 11) is 0. The number of carbonyl (C=O) groups is 1. The van der Waals surface area contributed by atoms with E-state index in [2.05, 4.69) is 26.9 Å². The Kier molecular flexibility index (Phi) is 5.05. The minimum atomic E-state index is -0.943. The molecule has 0 unspecified atom stereocenters. The lowest BCUT2D eigenvalue weighted by Gasteiger charge is -2.33. The molecule has 0 saturated heterocycles. The van der Waals surface area contributed by atoms with Gasteiger partial charge < -0.3 is 10.1 Å². The van der Waals surface area contributed by atoms with E-state index in [9.17, 15) is 14.7 Å². The van der Waals surface area contributed by atoms with Gasteiger partial charge >= 0.3 is 5.97 Å². The molecule has 1 aliphatic carbocycles. The number of hydrogen-bond donors (Lipinski definition) is 2. The van der Waals surface area contributed by atoms with E-state index in [-0.39, 0.29) is 17.3 Å². The number of hydrogen-bond acceptors (Lipinski definition) is 5. The molecule has 2 aromatic rings. The number of aromatic amines is 1. The lowest BCUT2D eigenvalue weighted by molar-refractivity contribution is 0.0687. The lowest BCUT2D eigenvalue weighted by Crippen LogP contribution is -2.41. The molecule has 0 radical (unpaired) electrons. The molecule has 1 atom stereocenters. The van der Waals surface area contributed by atoms with Crippen molar-refractivity contribution in [3.63, 3.8) is 0 Å². The van der Waals surface area contributed by atoms with Crippen LogP contribution in [0.4, 0.5) is 0 Å². The van der Waals surface area contributed by atoms with Crippen LogP contribution in [0, 0.1) is 6.92 Å². The standard InChI is InChI=1S/C20H27N5O3/c1-3-8-25-17-5-4-13(11-15(17)18(23-25)20(27)28)24-9-6-14-16(7-10-24)21-12(2)22-19(14)26/h13H,3-11H2,1-2H3,(H,27,28)(H,21,22,26)/t13-/m1/s1. The fraction of sp³-hybridized carbons (Fsp3) is 0.600. The molecule has 3 heterocycles. The average Bonchev–Trinajstić information content (AvgIpc) is 2.87. The summed E-state index contributed by atoms with van der Waals surface area (Å²) >= 11 is 0. The maximum absolute atomic E-state index is 12.3. The molecule has 2 N–H and O–H groups in total. The van der Waals surface area contributed by atoms with Gasteiger partial charge in [0.2, 0.25) is 0 Å². The van der Waals surface area contributed by atoms with Crippen molar-refractivity contribution in [3.05, 3.63) is 44.4 Å². The highest BCUT2D eigenvalue weighted by Gasteiger charge is 2.32. The van der Waals surface area contributed by atoms with Crippen molar-refractivity contribution in [1.82, 2.24) is 24.6 Å². The number of nitrogens with one attached hydrogen (secondary N) is 1. The summed E-state index contributed by atoms with van der Waals surface area (Å²) in [5.41, 5.74) is 3.87. The van der Waals surface area contributed by atoms with Crippen LogP contribution >= 0.6 is 0 Å². The number of H-pyrrole nitrogens is 1. The number of aromatic nitrogens is 4. The summed E-state index contributed by atoms with van der Waals surface area (Å²) in [6.45, 7) is 6.29. The summed E-state index contributed by atoms with van der Waals surface area (Å²) in [5.74, 6) is -0.282. The van der Waals surface area contributed by atoms with E-state index >= 15 is 0 Å². The predicted octanol–water partition coefficient (Wildman–Crippen LogP) is 1.34. The van der Waals surface area contributed by atoms with E-state index in [1.54, 1.807) is 0 Å². The largest absolute Gasteiger partial charge is 0.476 e. The molecule has 0 fully saturated rings. The van der Waals surface area contributed by atoms with Crippen LogP contribution < -0.4 is 5.56 Å². The molecule has 2 aromatic heterocycles. The van der Waals surface area contributed by atoms with Gasteiger partial charge in [-0.15, -0.1) is 0 Å². The highest BCUT2D eigenvalue weighted by atomic mass is 16.4. The molecule has 150 valence electrons. The molecule has 0 amide bonds. The molecule has 28 heavy (non-hydrogen) atoms. The number of nitrogens with zero attached hydrogens (tertiary/aromatic N) is 4. The number of carboxylic acids is 1. The summed E-state index contributed by atoms with van der Waals surface area (Å²) < 4.78 is 1.89. The Hall–Kier alpha value is -2.48. The maximum Gasteiger partial charge on any atom is 0.356 e. The van der Waals surface area contributed by atoms with Crippen molar-refractivity contribution < 1.29 is 9.90 Å². The Bertz CT molecular complexity index is 961. The van der Waals surface area contributed by atoms with Gasteiger partial charge in [0, 0.05) is 48.9 Å². The minimum absolute atomic E-state index is 0.0238. The molecular formula is C20H27N5O3. The molecule has 0 bridgehead atoms. The second-order valence-electron chi connectivity index (χ2n) is 7.81. The van der Waals surface area contributed by atoms with Crippen LogP contribution in [-0.4, -0.2) is 54.9 Å². The predicted molar refractivity (Wildman–Crippen MR) is 104 cm³/mol. The second-order valence-corrected chi connectivity index (χ2v) is 7.81. The lowest BCUT2D eigenvalue weighted by atomic mass is 9.90. The topological polar surface area (TPSA) is 104 Å². The third kappa shape index (κ3) is 3.37. The van der Waals surface area contributed by atoms with E-state index in [0.29, 0.717) is 18.7 Å². The third-order valence-electron chi connectivity index (χ3n) is 5.98. The highest BCUT2D eigenvalue weighted by Crippen LogP contribution is 2.29. The smallest absolute Gasteiger partial charge is 0.356 e. The molecule has 0 saturated carbocycles. The number of fused-ring (bicyclic) bond motifs is 2. The first-order valence-electron chi connectivity index (χ1n) is 10.1. The van der Waals surface area contributed by atoms with Gasteiger partial charge in [-0.3, -0.25) is 14.4 Å². The van der Waals surface area contributed by atoms with Crippen molar-refractivity contribution in [2.45, 2.75) is 65.0 Å². The minimum Gasteiger partial charge on any atom is -0.476 e. The van der Waals surface area contributed by atoms with E-state index in [4.69, 9.17) is 0 Å². The molecule has 8 nitrogen and oxygen atoms in total. The first-order chi connectivity index (χ1) is 13.5. The van der Waals surface area contributed by atoms with Crippen molar-refractivity contribution in [1.29, 1.82) is 0 Å². The van der Waals surface area contributed by atoms with Crippen molar-refractivity contribution >= 4 is 5.97 Å². The van der Waals surface area contributed by atoms with E-state index < -0.39 is 5.97 Å². The molecule has 0 aromatic carbocycles. The van der Waals surface area contributed by atoms with Gasteiger partial charge in [-0.1, -0.05) is 6.92 Å². The molecule has 8 heteroatoms. The van der Waals surface area contributed by atoms with Crippen molar-refractivity contribution in [3.8, 4) is 0 Å². The van der Waals surface area contributed by atoms with Gasteiger partial charge in [-0.2, -0.15) is 5.10 Å². The molecule has 0 spiro atoms. The summed E-state index contributed by atoms with van der Waals surface area (Å²) in [6.07, 6.45) is 4.91. The fourth-order valence-electron chi connectivity index (χ4n) is 4.66. The van der Waals surface area contributed by atoms with Crippen LogP contribution in [0.5, 0.6) is 0 Å². The SMILES string of the molecule is CCCn1nc(C(=O)O)c2c1CC[C@@H](N1CCc3nc(C)[nH]c(=O)c3CC1)C2. The number of rotatable bonds is 4. The van der Waals surface area contributed by atoms with Crippen LogP contribution in [0.15, 0.2) is 4.79 Å². The average molecular weight is 385 g/mol. The zero-order chi connectivity index (χ0) is 19.8. The van der Waals surface area contributed by atoms with Crippen LogP contribution in [0.2, 0.25) is 0 Å². The van der Waals surface area contributed by atoms with Gasteiger partial charge in [0.05, 0.1) is 5.69 Å². The second kappa shape index (κ2) is 7.50. The van der Waals surface area contributed by atoms with Crippen molar-refractivity contribution in [2.24, 2.45) is 0 Å². The zero-order valence-corrected chi connectivity index (χ0v) is 16.5. The van der Waals surface area contributed by atoms with Gasteiger partial charge in [0.15, 0.2) is 5.69 Å². The van der Waals surface area contributed by atoms with E-state index in [0.717, 1.165) is 67.8 Å². The summed E-state index contributed by atoms with van der Waals surface area (Å²) in [6, 6.07) is 0.277. The molecule has 4 rings (SSSR count). The highest BCUT2D eigenvalue weighted by molar-refractivity contribution is 5.87. The number of carboxylic acid groups (broad SMARTS) is 1. The van der Waals surface area contributed by atoms with Gasteiger partial charge in [-0.25, -0.2) is 9.78 Å². The van der Waals surface area contributed by atoms with Gasteiger partial charge in [-0.05, 0) is 39.0 Å². The van der Waals surface area contributed by atoms with Crippen molar-refractivity contribution in [2.75, 3.05) is 13.1 Å². The zero-order valence-electron chi connectivity index (χ0n) is 16.5. The number of aromatic carboxylic acids is 1. The third-order valence-corrected chi connectivity index (χ3v) is 5.98. The molecule has 2 aliphatic rings. The Morgan fingerprint density at radius 1 is 1.25 bits per heavy atom. The fourth-order valence-corrected chi connectivity index (χ4v) is 4.66. The Balaban J connectivity index is 1.56. The van der Waals surface area contributed by atoms with Crippen LogP contribution in [0.3, 0.4) is 0 Å². The molecule has 1 aliphatic heterocycles. The van der Waals surface area contributed by atoms with Gasteiger partial charge in [0.1, 0.15) is 5.82 Å². The Morgan fingerprint density at radius 2 is 2.04 bits per heavy atom. The monoisotopic (exact) mass is 385 g/mol.